The lowest BCUT2D eigenvalue weighted by molar-refractivity contribution is -0.123. The molecule has 3 atom stereocenters. The van der Waals surface area contributed by atoms with Crippen molar-refractivity contribution in [3.8, 4) is 5.75 Å². The van der Waals surface area contributed by atoms with E-state index in [1.54, 1.807) is 24.3 Å². The Morgan fingerprint density at radius 2 is 2.10 bits per heavy atom. The molecular formula is C16H23N3O2. The normalized spacial score (nSPS) is 26.5. The number of phenolic OH excluding ortho intramolecular Hbond substituents is 1. The summed E-state index contributed by atoms with van der Waals surface area (Å²) in [5.74, 6) is 0.158. The quantitative estimate of drug-likeness (QED) is 0.759. The van der Waals surface area contributed by atoms with Crippen molar-refractivity contribution in [1.82, 2.24) is 10.2 Å². The Kier molecular flexibility index (Phi) is 4.12. The number of nitrogens with two attached hydrogens (primary N) is 1. The Morgan fingerprint density at radius 1 is 1.33 bits per heavy atom. The van der Waals surface area contributed by atoms with Crippen LogP contribution in [0.3, 0.4) is 0 Å². The van der Waals surface area contributed by atoms with Crippen LogP contribution in [0.5, 0.6) is 5.75 Å². The van der Waals surface area contributed by atoms with Crippen LogP contribution in [0.25, 0.3) is 0 Å². The highest BCUT2D eigenvalue weighted by Gasteiger charge is 2.38. The number of hydrogen-bond donors (Lipinski definition) is 3. The van der Waals surface area contributed by atoms with Gasteiger partial charge in [0.25, 0.3) is 0 Å². The zero-order chi connectivity index (χ0) is 14.8. The zero-order valence-electron chi connectivity index (χ0n) is 12.2. The summed E-state index contributed by atoms with van der Waals surface area (Å²) in [7, 11) is 0. The summed E-state index contributed by atoms with van der Waals surface area (Å²) in [4.78, 5) is 14.7. The average Bonchev–Trinajstić information content (AvgIpc) is 3.06. The van der Waals surface area contributed by atoms with Crippen molar-refractivity contribution in [2.45, 2.75) is 43.8 Å². The van der Waals surface area contributed by atoms with Crippen molar-refractivity contribution in [2.24, 2.45) is 5.73 Å². The number of phenols is 1. The Bertz CT molecular complexity index is 503. The average molecular weight is 289 g/mol. The molecule has 0 aliphatic carbocycles. The minimum Gasteiger partial charge on any atom is -0.508 e. The number of fused-ring (bicyclic) bond motifs is 1. The van der Waals surface area contributed by atoms with Crippen molar-refractivity contribution < 1.29 is 9.90 Å². The molecule has 4 N–H and O–H groups in total. The van der Waals surface area contributed by atoms with Gasteiger partial charge in [-0.1, -0.05) is 12.1 Å². The molecule has 114 valence electrons. The fraction of sp³-hybridized carbons (Fsp3) is 0.562. The highest BCUT2D eigenvalue weighted by Crippen LogP contribution is 2.27. The van der Waals surface area contributed by atoms with Crippen LogP contribution in [-0.2, 0) is 11.2 Å². The third-order valence-corrected chi connectivity index (χ3v) is 4.66. The van der Waals surface area contributed by atoms with E-state index in [0.717, 1.165) is 25.1 Å². The van der Waals surface area contributed by atoms with Crippen molar-refractivity contribution in [1.29, 1.82) is 0 Å². The zero-order valence-corrected chi connectivity index (χ0v) is 12.2. The van der Waals surface area contributed by atoms with Gasteiger partial charge in [0.1, 0.15) is 5.75 Å². The number of rotatable bonds is 4. The molecule has 0 spiro atoms. The Hall–Kier alpha value is -1.59. The lowest BCUT2D eigenvalue weighted by Crippen LogP contribution is -2.49. The SMILES string of the molecule is N[C@H](Cc1ccc(O)cc1)C(=O)NC1CCN2CCCC12. The van der Waals surface area contributed by atoms with Gasteiger partial charge in [0.05, 0.1) is 6.04 Å². The van der Waals surface area contributed by atoms with Crippen LogP contribution in [0, 0.1) is 0 Å². The highest BCUT2D eigenvalue weighted by molar-refractivity contribution is 5.82. The molecule has 0 aromatic heterocycles. The molecule has 1 aromatic rings. The summed E-state index contributed by atoms with van der Waals surface area (Å²) < 4.78 is 0. The standard InChI is InChI=1S/C16H23N3O2/c17-13(10-11-3-5-12(20)6-4-11)16(21)18-14-7-9-19-8-1-2-15(14)19/h3-6,13-15,20H,1-2,7-10,17H2,(H,18,21)/t13-,14?,15?/m1/s1. The molecule has 3 rings (SSSR count). The number of nitrogens with zero attached hydrogens (tertiary/aromatic N) is 1. The lowest BCUT2D eigenvalue weighted by atomic mass is 10.0. The van der Waals surface area contributed by atoms with Crippen LogP contribution in [0.1, 0.15) is 24.8 Å². The van der Waals surface area contributed by atoms with Gasteiger partial charge in [0.15, 0.2) is 0 Å². The summed E-state index contributed by atoms with van der Waals surface area (Å²) in [5.41, 5.74) is 6.98. The molecule has 0 bridgehead atoms. The maximum atomic E-state index is 12.3. The van der Waals surface area contributed by atoms with Crippen molar-refractivity contribution in [3.05, 3.63) is 29.8 Å². The van der Waals surface area contributed by atoms with Gasteiger partial charge in [-0.15, -0.1) is 0 Å². The molecule has 2 heterocycles. The number of aromatic hydroxyl groups is 1. The van der Waals surface area contributed by atoms with Gasteiger partial charge < -0.3 is 16.2 Å². The molecule has 2 fully saturated rings. The largest absolute Gasteiger partial charge is 0.508 e. The van der Waals surface area contributed by atoms with Crippen LogP contribution in [0.4, 0.5) is 0 Å². The second-order valence-electron chi connectivity index (χ2n) is 6.13. The molecule has 0 saturated carbocycles. The number of nitrogens with one attached hydrogen (secondary N) is 1. The minimum atomic E-state index is -0.537. The van der Waals surface area contributed by atoms with E-state index in [-0.39, 0.29) is 17.7 Å². The Labute approximate surface area is 125 Å². The van der Waals surface area contributed by atoms with Gasteiger partial charge in [-0.3, -0.25) is 9.69 Å². The number of carbonyl (C=O) groups is 1. The molecule has 1 amide bonds. The molecule has 21 heavy (non-hydrogen) atoms. The monoisotopic (exact) mass is 289 g/mol. The van der Waals surface area contributed by atoms with E-state index in [1.165, 1.54) is 12.8 Å². The van der Waals surface area contributed by atoms with E-state index in [1.807, 2.05) is 0 Å². The maximum absolute atomic E-state index is 12.3. The molecule has 0 radical (unpaired) electrons. The summed E-state index contributed by atoms with van der Waals surface area (Å²) >= 11 is 0. The molecular weight excluding hydrogens is 266 g/mol. The first-order valence-corrected chi connectivity index (χ1v) is 7.71. The molecule has 2 aliphatic heterocycles. The van der Waals surface area contributed by atoms with Crippen LogP contribution in [0.15, 0.2) is 24.3 Å². The van der Waals surface area contributed by atoms with Crippen LogP contribution < -0.4 is 11.1 Å². The third-order valence-electron chi connectivity index (χ3n) is 4.66. The number of carbonyl (C=O) groups excluding carboxylic acids is 1. The molecule has 2 aliphatic rings. The number of hydrogen-bond acceptors (Lipinski definition) is 4. The molecule has 2 saturated heterocycles. The van der Waals surface area contributed by atoms with E-state index < -0.39 is 6.04 Å². The Balaban J connectivity index is 1.54. The molecule has 5 nitrogen and oxygen atoms in total. The van der Waals surface area contributed by atoms with Crippen LogP contribution >= 0.6 is 0 Å². The van der Waals surface area contributed by atoms with E-state index >= 15 is 0 Å². The van der Waals surface area contributed by atoms with Gasteiger partial charge in [-0.05, 0) is 49.9 Å². The van der Waals surface area contributed by atoms with Crippen molar-refractivity contribution >= 4 is 5.91 Å². The summed E-state index contributed by atoms with van der Waals surface area (Å²) in [6.07, 6.45) is 3.93. The van der Waals surface area contributed by atoms with Gasteiger partial charge in [0, 0.05) is 18.6 Å². The first-order valence-electron chi connectivity index (χ1n) is 7.71. The first-order chi connectivity index (χ1) is 10.1. The fourth-order valence-corrected chi connectivity index (χ4v) is 3.52. The minimum absolute atomic E-state index is 0.0678. The fourth-order valence-electron chi connectivity index (χ4n) is 3.52. The van der Waals surface area contributed by atoms with E-state index in [9.17, 15) is 9.90 Å². The second-order valence-corrected chi connectivity index (χ2v) is 6.13. The predicted octanol–water partition coefficient (Wildman–Crippen LogP) is 0.615. The molecule has 1 aromatic carbocycles. The van der Waals surface area contributed by atoms with E-state index in [4.69, 9.17) is 5.73 Å². The first kappa shape index (κ1) is 14.4. The summed E-state index contributed by atoms with van der Waals surface area (Å²) in [6, 6.07) is 7.07. The van der Waals surface area contributed by atoms with E-state index in [0.29, 0.717) is 12.5 Å². The maximum Gasteiger partial charge on any atom is 0.237 e. The summed E-state index contributed by atoms with van der Waals surface area (Å²) in [5, 5.41) is 12.4. The third kappa shape index (κ3) is 3.19. The highest BCUT2D eigenvalue weighted by atomic mass is 16.3. The van der Waals surface area contributed by atoms with Crippen LogP contribution in [0.2, 0.25) is 0 Å². The van der Waals surface area contributed by atoms with Crippen molar-refractivity contribution in [2.75, 3.05) is 13.1 Å². The summed E-state index contributed by atoms with van der Waals surface area (Å²) in [6.45, 7) is 2.25. The van der Waals surface area contributed by atoms with Crippen molar-refractivity contribution in [3.63, 3.8) is 0 Å². The smallest absolute Gasteiger partial charge is 0.237 e. The second kappa shape index (κ2) is 6.03. The molecule has 2 unspecified atom stereocenters. The van der Waals surface area contributed by atoms with Crippen LogP contribution in [-0.4, -0.2) is 47.1 Å². The predicted molar refractivity (Wildman–Crippen MR) is 80.9 cm³/mol. The Morgan fingerprint density at radius 3 is 2.86 bits per heavy atom. The van der Waals surface area contributed by atoms with Gasteiger partial charge >= 0.3 is 0 Å². The van der Waals surface area contributed by atoms with Gasteiger partial charge in [-0.2, -0.15) is 0 Å². The van der Waals surface area contributed by atoms with Gasteiger partial charge in [0.2, 0.25) is 5.91 Å². The number of benzene rings is 1. The topological polar surface area (TPSA) is 78.6 Å². The van der Waals surface area contributed by atoms with Gasteiger partial charge in [-0.25, -0.2) is 0 Å². The molecule has 5 heteroatoms. The lowest BCUT2D eigenvalue weighted by Gasteiger charge is -2.23. The number of amides is 1. The van der Waals surface area contributed by atoms with E-state index in [2.05, 4.69) is 10.2 Å².